The zero-order valence-corrected chi connectivity index (χ0v) is 10.8. The molecule has 0 aliphatic heterocycles. The van der Waals surface area contributed by atoms with Crippen molar-refractivity contribution < 1.29 is 0 Å². The third-order valence-electron chi connectivity index (χ3n) is 2.22. The van der Waals surface area contributed by atoms with Crippen LogP contribution < -0.4 is 5.32 Å². The Labute approximate surface area is 106 Å². The first kappa shape index (κ1) is 12.4. The summed E-state index contributed by atoms with van der Waals surface area (Å²) in [6, 6.07) is 0. The number of aromatic nitrogens is 6. The Balaban J connectivity index is 2.36. The number of nitrogens with zero attached hydrogens (tertiary/aromatic N) is 6. The lowest BCUT2D eigenvalue weighted by molar-refractivity contribution is 0.613. The summed E-state index contributed by atoms with van der Waals surface area (Å²) < 4.78 is 1.53. The molecule has 0 bridgehead atoms. The van der Waals surface area contributed by atoms with Gasteiger partial charge < -0.3 is 5.32 Å². The fourth-order valence-corrected chi connectivity index (χ4v) is 1.51. The van der Waals surface area contributed by atoms with E-state index in [2.05, 4.69) is 44.2 Å². The van der Waals surface area contributed by atoms with Crippen molar-refractivity contribution in [3.8, 4) is 5.95 Å². The van der Waals surface area contributed by atoms with Gasteiger partial charge in [-0.25, -0.2) is 4.98 Å². The van der Waals surface area contributed by atoms with Crippen molar-refractivity contribution in [2.45, 2.75) is 27.2 Å². The minimum atomic E-state index is 0.491. The monoisotopic (exact) mass is 247 g/mol. The predicted molar refractivity (Wildman–Crippen MR) is 67.4 cm³/mol. The maximum Gasteiger partial charge on any atom is 0.257 e. The van der Waals surface area contributed by atoms with Gasteiger partial charge in [-0.05, 0) is 12.8 Å². The topological polar surface area (TPSA) is 81.4 Å². The molecule has 0 fully saturated rings. The summed E-state index contributed by atoms with van der Waals surface area (Å²) >= 11 is 0. The highest BCUT2D eigenvalue weighted by molar-refractivity contribution is 5.28. The molecule has 2 aromatic rings. The normalized spacial score (nSPS) is 10.9. The molecule has 1 N–H and O–H groups in total. The standard InChI is InChI=1S/C11H17N7/c1-4-13-10-15-9(5-8(2)3)16-11(17-10)18-7-12-6-14-18/h6-8H,4-5H2,1-3H3,(H,13,15,16,17). The smallest absolute Gasteiger partial charge is 0.257 e. The van der Waals surface area contributed by atoms with Crippen LogP contribution in [0.15, 0.2) is 12.7 Å². The number of anilines is 1. The van der Waals surface area contributed by atoms with E-state index in [1.807, 2.05) is 6.92 Å². The van der Waals surface area contributed by atoms with Crippen LogP contribution in [0.1, 0.15) is 26.6 Å². The van der Waals surface area contributed by atoms with E-state index in [9.17, 15) is 0 Å². The van der Waals surface area contributed by atoms with E-state index in [0.717, 1.165) is 18.8 Å². The van der Waals surface area contributed by atoms with Gasteiger partial charge in [0.25, 0.3) is 5.95 Å². The highest BCUT2D eigenvalue weighted by Crippen LogP contribution is 2.08. The molecule has 0 amide bonds. The van der Waals surface area contributed by atoms with E-state index < -0.39 is 0 Å². The van der Waals surface area contributed by atoms with Crippen LogP contribution in [0.4, 0.5) is 5.95 Å². The first-order valence-electron chi connectivity index (χ1n) is 6.03. The number of hydrogen-bond acceptors (Lipinski definition) is 6. The molecule has 0 atom stereocenters. The Bertz CT molecular complexity index is 492. The fourth-order valence-electron chi connectivity index (χ4n) is 1.51. The first-order valence-corrected chi connectivity index (χ1v) is 6.03. The van der Waals surface area contributed by atoms with Crippen LogP contribution in [-0.2, 0) is 6.42 Å². The second kappa shape index (κ2) is 5.52. The van der Waals surface area contributed by atoms with Crippen molar-refractivity contribution in [2.75, 3.05) is 11.9 Å². The summed E-state index contributed by atoms with van der Waals surface area (Å²) in [6.07, 6.45) is 3.84. The molecular weight excluding hydrogens is 230 g/mol. The van der Waals surface area contributed by atoms with Crippen molar-refractivity contribution in [1.29, 1.82) is 0 Å². The molecule has 2 aromatic heterocycles. The van der Waals surface area contributed by atoms with Gasteiger partial charge >= 0.3 is 0 Å². The second-order valence-electron chi connectivity index (χ2n) is 4.34. The summed E-state index contributed by atoms with van der Waals surface area (Å²) in [4.78, 5) is 17.0. The zero-order chi connectivity index (χ0) is 13.0. The average Bonchev–Trinajstić information content (AvgIpc) is 2.81. The third-order valence-corrected chi connectivity index (χ3v) is 2.22. The van der Waals surface area contributed by atoms with E-state index >= 15 is 0 Å². The molecule has 0 aromatic carbocycles. The lowest BCUT2D eigenvalue weighted by atomic mass is 10.1. The number of nitrogens with one attached hydrogen (secondary N) is 1. The summed E-state index contributed by atoms with van der Waals surface area (Å²) in [5.41, 5.74) is 0. The van der Waals surface area contributed by atoms with E-state index in [0.29, 0.717) is 17.8 Å². The molecule has 18 heavy (non-hydrogen) atoms. The van der Waals surface area contributed by atoms with Crippen LogP contribution in [0.25, 0.3) is 5.95 Å². The molecule has 0 saturated heterocycles. The number of hydrogen-bond donors (Lipinski definition) is 1. The Morgan fingerprint density at radius 3 is 2.72 bits per heavy atom. The molecule has 2 rings (SSSR count). The van der Waals surface area contributed by atoms with E-state index in [4.69, 9.17) is 0 Å². The van der Waals surface area contributed by atoms with Gasteiger partial charge in [0.2, 0.25) is 5.95 Å². The Morgan fingerprint density at radius 2 is 2.11 bits per heavy atom. The van der Waals surface area contributed by atoms with Crippen LogP contribution in [0.3, 0.4) is 0 Å². The zero-order valence-electron chi connectivity index (χ0n) is 10.8. The highest BCUT2D eigenvalue weighted by atomic mass is 15.4. The molecule has 0 aliphatic rings. The van der Waals surface area contributed by atoms with Gasteiger partial charge in [-0.2, -0.15) is 24.7 Å². The quantitative estimate of drug-likeness (QED) is 0.851. The minimum absolute atomic E-state index is 0.491. The van der Waals surface area contributed by atoms with Gasteiger partial charge in [-0.1, -0.05) is 13.8 Å². The molecular formula is C11H17N7. The molecule has 0 saturated carbocycles. The minimum Gasteiger partial charge on any atom is -0.354 e. The molecule has 0 radical (unpaired) electrons. The highest BCUT2D eigenvalue weighted by Gasteiger charge is 2.09. The largest absolute Gasteiger partial charge is 0.354 e. The second-order valence-corrected chi connectivity index (χ2v) is 4.34. The van der Waals surface area contributed by atoms with E-state index in [1.165, 1.54) is 11.0 Å². The SMILES string of the molecule is CCNc1nc(CC(C)C)nc(-n2cncn2)n1. The predicted octanol–water partition coefficient (Wildman–Crippen LogP) is 1.08. The lowest BCUT2D eigenvalue weighted by Gasteiger charge is -2.08. The van der Waals surface area contributed by atoms with Crippen LogP contribution in [-0.4, -0.2) is 36.3 Å². The molecule has 7 nitrogen and oxygen atoms in total. The lowest BCUT2D eigenvalue weighted by Crippen LogP contribution is -2.12. The number of rotatable bonds is 5. The Kier molecular flexibility index (Phi) is 3.81. The maximum atomic E-state index is 4.40. The Hall–Kier alpha value is -2.05. The van der Waals surface area contributed by atoms with Crippen LogP contribution >= 0.6 is 0 Å². The summed E-state index contributed by atoms with van der Waals surface area (Å²) in [5, 5.41) is 7.13. The molecule has 7 heteroatoms. The van der Waals surface area contributed by atoms with E-state index in [-0.39, 0.29) is 0 Å². The summed E-state index contributed by atoms with van der Waals surface area (Å²) in [7, 11) is 0. The van der Waals surface area contributed by atoms with Crippen molar-refractivity contribution in [3.63, 3.8) is 0 Å². The molecule has 0 unspecified atom stereocenters. The van der Waals surface area contributed by atoms with Gasteiger partial charge in [0.05, 0.1) is 0 Å². The molecule has 0 spiro atoms. The molecule has 0 aliphatic carbocycles. The van der Waals surface area contributed by atoms with Gasteiger partial charge in [0, 0.05) is 13.0 Å². The van der Waals surface area contributed by atoms with E-state index in [1.54, 1.807) is 6.33 Å². The molecule has 96 valence electrons. The first-order chi connectivity index (χ1) is 8.69. The van der Waals surface area contributed by atoms with Gasteiger partial charge in [0.1, 0.15) is 18.5 Å². The van der Waals surface area contributed by atoms with Gasteiger partial charge in [-0.3, -0.25) is 0 Å². The van der Waals surface area contributed by atoms with Crippen LogP contribution in [0.5, 0.6) is 0 Å². The summed E-state index contributed by atoms with van der Waals surface area (Å²) in [5.74, 6) is 2.33. The van der Waals surface area contributed by atoms with Gasteiger partial charge in [0.15, 0.2) is 0 Å². The maximum absolute atomic E-state index is 4.40. The Morgan fingerprint density at radius 1 is 1.28 bits per heavy atom. The van der Waals surface area contributed by atoms with Crippen molar-refractivity contribution in [1.82, 2.24) is 29.7 Å². The summed E-state index contributed by atoms with van der Waals surface area (Å²) in [6.45, 7) is 7.03. The average molecular weight is 247 g/mol. The van der Waals surface area contributed by atoms with Crippen molar-refractivity contribution >= 4 is 5.95 Å². The van der Waals surface area contributed by atoms with Crippen LogP contribution in [0, 0.1) is 5.92 Å². The van der Waals surface area contributed by atoms with Gasteiger partial charge in [-0.15, -0.1) is 0 Å². The van der Waals surface area contributed by atoms with Crippen molar-refractivity contribution in [2.24, 2.45) is 5.92 Å². The third kappa shape index (κ3) is 2.99. The molecule has 2 heterocycles. The van der Waals surface area contributed by atoms with Crippen LogP contribution in [0.2, 0.25) is 0 Å². The fraction of sp³-hybridized carbons (Fsp3) is 0.545. The van der Waals surface area contributed by atoms with Crippen molar-refractivity contribution in [3.05, 3.63) is 18.5 Å².